The number of likely N-dealkylation sites (tertiary alicyclic amines) is 1. The van der Waals surface area contributed by atoms with Crippen molar-refractivity contribution in [2.75, 3.05) is 18.4 Å². The highest BCUT2D eigenvalue weighted by molar-refractivity contribution is 6.04. The second-order valence-electron chi connectivity index (χ2n) is 9.47. The van der Waals surface area contributed by atoms with Gasteiger partial charge in [0.2, 0.25) is 0 Å². The molecule has 1 amide bonds. The maximum absolute atomic E-state index is 15.0. The molecule has 8 nitrogen and oxygen atoms in total. The van der Waals surface area contributed by atoms with E-state index < -0.39 is 23.8 Å². The van der Waals surface area contributed by atoms with Crippen LogP contribution in [0.1, 0.15) is 34.6 Å². The van der Waals surface area contributed by atoms with Gasteiger partial charge in [-0.1, -0.05) is 24.3 Å². The molecule has 1 saturated heterocycles. The zero-order valence-electron chi connectivity index (χ0n) is 20.7. The van der Waals surface area contributed by atoms with Crippen LogP contribution in [-0.2, 0) is 0 Å². The molecule has 0 atom stereocenters. The van der Waals surface area contributed by atoms with Crippen LogP contribution in [0.3, 0.4) is 0 Å². The van der Waals surface area contributed by atoms with Gasteiger partial charge in [-0.15, -0.1) is 0 Å². The largest absolute Gasteiger partial charge is 0.368 e. The fraction of sp³-hybridized carbons (Fsp3) is 0.250. The molecule has 38 heavy (non-hydrogen) atoms. The van der Waals surface area contributed by atoms with Crippen molar-refractivity contribution in [1.82, 2.24) is 14.7 Å². The van der Waals surface area contributed by atoms with Crippen molar-refractivity contribution in [2.24, 2.45) is 5.92 Å². The van der Waals surface area contributed by atoms with Gasteiger partial charge in [-0.05, 0) is 66.9 Å². The number of hydrogen-bond acceptors (Lipinski definition) is 5. The summed E-state index contributed by atoms with van der Waals surface area (Å²) in [4.78, 5) is 14.9. The number of fused-ring (bicyclic) bond motifs is 1. The van der Waals surface area contributed by atoms with Crippen molar-refractivity contribution < 1.29 is 23.8 Å². The van der Waals surface area contributed by atoms with Gasteiger partial charge in [0.1, 0.15) is 28.9 Å². The number of carbonyl (C=O) groups is 1. The van der Waals surface area contributed by atoms with Crippen LogP contribution in [0.15, 0.2) is 60.7 Å². The maximum atomic E-state index is 15.0. The molecule has 0 bridgehead atoms. The summed E-state index contributed by atoms with van der Waals surface area (Å²) < 4.78 is 31.2. The lowest BCUT2D eigenvalue weighted by molar-refractivity contribution is -0.0950. The number of piperidine rings is 1. The summed E-state index contributed by atoms with van der Waals surface area (Å²) in [5.74, 6) is -2.06. The fourth-order valence-electron chi connectivity index (χ4n) is 4.76. The zero-order valence-corrected chi connectivity index (χ0v) is 20.7. The molecule has 1 aromatic heterocycles. The molecule has 0 spiro atoms. The Hall–Kier alpha value is -4.15. The van der Waals surface area contributed by atoms with Crippen LogP contribution < -0.4 is 5.32 Å². The SMILES string of the molecule is Cc1cc(C(=O)Nc2ccc(C(=N)N3CCC(C(O)O)CC3)cc2F)n(-c2cc3ccccc3cc2F)n1. The van der Waals surface area contributed by atoms with Gasteiger partial charge < -0.3 is 20.4 Å². The number of carbonyl (C=O) groups excluding carboxylic acids is 1. The molecule has 4 aromatic rings. The van der Waals surface area contributed by atoms with Gasteiger partial charge in [0.15, 0.2) is 6.29 Å². The number of anilines is 1. The molecule has 3 aromatic carbocycles. The summed E-state index contributed by atoms with van der Waals surface area (Å²) in [6.45, 7) is 2.59. The van der Waals surface area contributed by atoms with Crippen molar-refractivity contribution in [3.8, 4) is 5.69 Å². The van der Waals surface area contributed by atoms with E-state index in [1.54, 1.807) is 30.0 Å². The number of nitrogens with zero attached hydrogens (tertiary/aromatic N) is 3. The Morgan fingerprint density at radius 3 is 2.37 bits per heavy atom. The standard InChI is InChI=1S/C28H27F2N5O3/c1-16-12-25(35(33-16)24-15-19-5-3-2-4-18(19)13-22(24)30)27(36)32-23-7-6-20(14-21(23)29)26(31)34-10-8-17(9-11-34)28(37)38/h2-7,12-15,17,28,31,37-38H,8-11H2,1H3,(H,32,36). The summed E-state index contributed by atoms with van der Waals surface area (Å²) in [7, 11) is 0. The third-order valence-corrected chi connectivity index (χ3v) is 6.88. The topological polar surface area (TPSA) is 114 Å². The minimum atomic E-state index is -1.38. The van der Waals surface area contributed by atoms with E-state index in [2.05, 4.69) is 10.4 Å². The number of halogens is 2. The molecule has 1 fully saturated rings. The molecule has 0 saturated carbocycles. The van der Waals surface area contributed by atoms with Gasteiger partial charge >= 0.3 is 0 Å². The van der Waals surface area contributed by atoms with Crippen LogP contribution in [0.2, 0.25) is 0 Å². The predicted molar refractivity (Wildman–Crippen MR) is 139 cm³/mol. The van der Waals surface area contributed by atoms with E-state index in [4.69, 9.17) is 5.41 Å². The normalized spacial score (nSPS) is 14.3. The van der Waals surface area contributed by atoms with E-state index in [0.29, 0.717) is 42.6 Å². The molecule has 0 unspecified atom stereocenters. The Labute approximate surface area is 217 Å². The van der Waals surface area contributed by atoms with E-state index >= 15 is 4.39 Å². The number of benzene rings is 3. The Morgan fingerprint density at radius 1 is 1.03 bits per heavy atom. The maximum Gasteiger partial charge on any atom is 0.274 e. The molecule has 2 heterocycles. The lowest BCUT2D eigenvalue weighted by Gasteiger charge is -2.34. The third kappa shape index (κ3) is 5.00. The second kappa shape index (κ2) is 10.3. The summed E-state index contributed by atoms with van der Waals surface area (Å²) in [6.07, 6.45) is -0.354. The number of aryl methyl sites for hydroxylation is 1. The van der Waals surface area contributed by atoms with Gasteiger partial charge in [0, 0.05) is 24.6 Å². The molecular weight excluding hydrogens is 492 g/mol. The van der Waals surface area contributed by atoms with Crippen LogP contribution in [0, 0.1) is 29.9 Å². The average molecular weight is 520 g/mol. The minimum absolute atomic E-state index is 0.0434. The lowest BCUT2D eigenvalue weighted by atomic mass is 9.95. The van der Waals surface area contributed by atoms with Gasteiger partial charge in [-0.2, -0.15) is 5.10 Å². The van der Waals surface area contributed by atoms with Crippen molar-refractivity contribution in [2.45, 2.75) is 26.1 Å². The minimum Gasteiger partial charge on any atom is -0.368 e. The molecule has 0 radical (unpaired) electrons. The van der Waals surface area contributed by atoms with Crippen LogP contribution in [0.25, 0.3) is 16.5 Å². The number of amides is 1. The van der Waals surface area contributed by atoms with Crippen molar-refractivity contribution in [3.05, 3.63) is 89.2 Å². The Bertz CT molecular complexity index is 1530. The molecule has 4 N–H and O–H groups in total. The van der Waals surface area contributed by atoms with E-state index in [9.17, 15) is 19.4 Å². The van der Waals surface area contributed by atoms with Crippen molar-refractivity contribution in [3.63, 3.8) is 0 Å². The van der Waals surface area contributed by atoms with Crippen LogP contribution in [-0.4, -0.2) is 56.0 Å². The first-order valence-corrected chi connectivity index (χ1v) is 12.3. The quantitative estimate of drug-likeness (QED) is 0.179. The number of nitrogens with one attached hydrogen (secondary N) is 2. The zero-order chi connectivity index (χ0) is 27.0. The number of aromatic nitrogens is 2. The Kier molecular flexibility index (Phi) is 6.92. The summed E-state index contributed by atoms with van der Waals surface area (Å²) in [5, 5.41) is 35.5. The fourth-order valence-corrected chi connectivity index (χ4v) is 4.76. The molecule has 1 aliphatic rings. The Morgan fingerprint density at radius 2 is 1.71 bits per heavy atom. The van der Waals surface area contributed by atoms with Gasteiger partial charge in [0.25, 0.3) is 5.91 Å². The van der Waals surface area contributed by atoms with Crippen LogP contribution in [0.5, 0.6) is 0 Å². The molecule has 1 aliphatic heterocycles. The lowest BCUT2D eigenvalue weighted by Crippen LogP contribution is -2.41. The molecular formula is C28H27F2N5O3. The highest BCUT2D eigenvalue weighted by atomic mass is 19.1. The van der Waals surface area contributed by atoms with Gasteiger partial charge in [-0.3, -0.25) is 10.2 Å². The molecule has 196 valence electrons. The number of amidine groups is 1. The average Bonchev–Trinajstić information content (AvgIpc) is 3.30. The van der Waals surface area contributed by atoms with Crippen LogP contribution >= 0.6 is 0 Å². The smallest absolute Gasteiger partial charge is 0.274 e. The summed E-state index contributed by atoms with van der Waals surface area (Å²) >= 11 is 0. The predicted octanol–water partition coefficient (Wildman–Crippen LogP) is 4.21. The highest BCUT2D eigenvalue weighted by Gasteiger charge is 2.26. The second-order valence-corrected chi connectivity index (χ2v) is 9.47. The van der Waals surface area contributed by atoms with Crippen molar-refractivity contribution in [1.29, 1.82) is 5.41 Å². The first kappa shape index (κ1) is 25.5. The number of aliphatic hydroxyl groups is 2. The Balaban J connectivity index is 1.35. The van der Waals surface area contributed by atoms with Gasteiger partial charge in [0.05, 0.1) is 11.4 Å². The summed E-state index contributed by atoms with van der Waals surface area (Å²) in [6, 6.07) is 15.9. The van der Waals surface area contributed by atoms with E-state index in [-0.39, 0.29) is 28.8 Å². The molecule has 10 heteroatoms. The van der Waals surface area contributed by atoms with E-state index in [0.717, 1.165) is 5.39 Å². The number of rotatable bonds is 5. The first-order valence-electron chi connectivity index (χ1n) is 12.3. The third-order valence-electron chi connectivity index (χ3n) is 6.88. The number of hydrogen-bond donors (Lipinski definition) is 4. The summed E-state index contributed by atoms with van der Waals surface area (Å²) in [5.41, 5.74) is 0.885. The molecule has 0 aliphatic carbocycles. The van der Waals surface area contributed by atoms with Crippen LogP contribution in [0.4, 0.5) is 14.5 Å². The number of aliphatic hydroxyl groups excluding tert-OH is 1. The van der Waals surface area contributed by atoms with Crippen molar-refractivity contribution >= 4 is 28.2 Å². The highest BCUT2D eigenvalue weighted by Crippen LogP contribution is 2.26. The molecule has 5 rings (SSSR count). The van der Waals surface area contributed by atoms with E-state index in [1.807, 2.05) is 18.2 Å². The van der Waals surface area contributed by atoms with E-state index in [1.165, 1.54) is 28.9 Å². The van der Waals surface area contributed by atoms with Gasteiger partial charge in [-0.25, -0.2) is 13.5 Å². The first-order chi connectivity index (χ1) is 18.2. The monoisotopic (exact) mass is 519 g/mol.